The molecule has 2 unspecified atom stereocenters. The highest BCUT2D eigenvalue weighted by Crippen LogP contribution is 2.18. The first-order chi connectivity index (χ1) is 30.0. The van der Waals surface area contributed by atoms with Crippen LogP contribution in [0.2, 0.25) is 0 Å². The van der Waals surface area contributed by atoms with Gasteiger partial charge >= 0.3 is 5.97 Å². The average molecular weight is 864 g/mol. The first-order valence-electron chi connectivity index (χ1n) is 27.8. The Hall–Kier alpha value is -1.14. The highest BCUT2D eigenvalue weighted by molar-refractivity contribution is 5.76. The van der Waals surface area contributed by atoms with Crippen molar-refractivity contribution >= 4 is 11.9 Å². The van der Waals surface area contributed by atoms with Gasteiger partial charge in [-0.25, -0.2) is 0 Å². The molecule has 0 fully saturated rings. The molecule has 0 aliphatic carbocycles. The molecular formula is C55H109NO5. The van der Waals surface area contributed by atoms with Gasteiger partial charge in [-0.15, -0.1) is 0 Å². The second kappa shape index (κ2) is 51.5. The van der Waals surface area contributed by atoms with E-state index in [0.717, 1.165) is 38.5 Å². The molecule has 0 bridgehead atoms. The van der Waals surface area contributed by atoms with Crippen molar-refractivity contribution in [2.75, 3.05) is 13.2 Å². The minimum atomic E-state index is -0.664. The lowest BCUT2D eigenvalue weighted by Crippen LogP contribution is -2.45. The van der Waals surface area contributed by atoms with Crippen LogP contribution in [0.15, 0.2) is 0 Å². The summed E-state index contributed by atoms with van der Waals surface area (Å²) in [6, 6.07) is -0.541. The quantitative estimate of drug-likeness (QED) is 0.0418. The molecule has 0 aromatic heterocycles. The van der Waals surface area contributed by atoms with E-state index in [-0.39, 0.29) is 18.5 Å². The van der Waals surface area contributed by atoms with Crippen molar-refractivity contribution in [3.8, 4) is 0 Å². The summed E-state index contributed by atoms with van der Waals surface area (Å²) in [7, 11) is 0. The van der Waals surface area contributed by atoms with Gasteiger partial charge < -0.3 is 20.3 Å². The van der Waals surface area contributed by atoms with Gasteiger partial charge in [-0.3, -0.25) is 9.59 Å². The van der Waals surface area contributed by atoms with Crippen LogP contribution in [0.3, 0.4) is 0 Å². The third-order valence-electron chi connectivity index (χ3n) is 13.2. The van der Waals surface area contributed by atoms with Crippen LogP contribution in [-0.4, -0.2) is 47.4 Å². The Balaban J connectivity index is 3.39. The van der Waals surface area contributed by atoms with Crippen molar-refractivity contribution in [3.63, 3.8) is 0 Å². The molecule has 61 heavy (non-hydrogen) atoms. The number of hydrogen-bond acceptors (Lipinski definition) is 5. The Bertz CT molecular complexity index is 867. The van der Waals surface area contributed by atoms with Crippen molar-refractivity contribution < 1.29 is 24.5 Å². The van der Waals surface area contributed by atoms with Crippen LogP contribution in [0.5, 0.6) is 0 Å². The molecule has 0 saturated heterocycles. The summed E-state index contributed by atoms with van der Waals surface area (Å²) in [4.78, 5) is 24.4. The molecule has 0 aromatic carbocycles. The van der Waals surface area contributed by atoms with Gasteiger partial charge in [0.15, 0.2) is 0 Å². The zero-order valence-electron chi connectivity index (χ0n) is 41.4. The first kappa shape index (κ1) is 59.9. The van der Waals surface area contributed by atoms with Crippen LogP contribution in [-0.2, 0) is 14.3 Å². The van der Waals surface area contributed by atoms with Crippen LogP contribution in [0.1, 0.15) is 316 Å². The summed E-state index contributed by atoms with van der Waals surface area (Å²) in [6.45, 7) is 4.96. The molecule has 0 aliphatic heterocycles. The Labute approximate surface area is 381 Å². The van der Waals surface area contributed by atoms with Crippen LogP contribution in [0.4, 0.5) is 0 Å². The molecule has 2 atom stereocenters. The van der Waals surface area contributed by atoms with Gasteiger partial charge in [0.1, 0.15) is 0 Å². The van der Waals surface area contributed by atoms with E-state index in [0.29, 0.717) is 25.9 Å². The molecule has 0 radical (unpaired) electrons. The molecule has 0 aromatic rings. The van der Waals surface area contributed by atoms with Crippen LogP contribution in [0, 0.1) is 0 Å². The standard InChI is InChI=1S/C55H109NO5/c1-3-5-7-9-11-13-15-16-24-28-31-35-39-43-47-53(58)52(51-57)56-54(59)48-44-40-36-32-29-25-22-20-18-17-19-21-23-26-30-34-38-42-46-50-61-55(60)49-45-41-37-33-27-14-12-10-8-6-4-2/h52-53,57-58H,3-51H2,1-2H3,(H,56,59). The molecule has 0 heterocycles. The molecular weight excluding hydrogens is 755 g/mol. The average Bonchev–Trinajstić information content (AvgIpc) is 3.26. The van der Waals surface area contributed by atoms with Gasteiger partial charge in [0.05, 0.1) is 25.4 Å². The normalized spacial score (nSPS) is 12.5. The number of unbranched alkanes of at least 4 members (excludes halogenated alkanes) is 41. The van der Waals surface area contributed by atoms with E-state index in [1.54, 1.807) is 0 Å². The Morgan fingerprint density at radius 3 is 1.00 bits per heavy atom. The second-order valence-corrected chi connectivity index (χ2v) is 19.3. The lowest BCUT2D eigenvalue weighted by atomic mass is 10.0. The molecule has 1 amide bonds. The second-order valence-electron chi connectivity index (χ2n) is 19.3. The van der Waals surface area contributed by atoms with E-state index < -0.39 is 12.1 Å². The first-order valence-corrected chi connectivity index (χ1v) is 27.8. The molecule has 6 nitrogen and oxygen atoms in total. The smallest absolute Gasteiger partial charge is 0.305 e. The molecule has 0 aliphatic rings. The van der Waals surface area contributed by atoms with Crippen molar-refractivity contribution in [1.29, 1.82) is 0 Å². The van der Waals surface area contributed by atoms with E-state index >= 15 is 0 Å². The van der Waals surface area contributed by atoms with Crippen molar-refractivity contribution in [2.24, 2.45) is 0 Å². The molecule has 0 spiro atoms. The number of esters is 1. The van der Waals surface area contributed by atoms with Crippen LogP contribution >= 0.6 is 0 Å². The highest BCUT2D eigenvalue weighted by atomic mass is 16.5. The maximum Gasteiger partial charge on any atom is 0.305 e. The lowest BCUT2D eigenvalue weighted by molar-refractivity contribution is -0.143. The van der Waals surface area contributed by atoms with Crippen molar-refractivity contribution in [1.82, 2.24) is 5.32 Å². The van der Waals surface area contributed by atoms with Crippen LogP contribution in [0.25, 0.3) is 0 Å². The minimum absolute atomic E-state index is 0.00940. The topological polar surface area (TPSA) is 95.9 Å². The summed E-state index contributed by atoms with van der Waals surface area (Å²) >= 11 is 0. The van der Waals surface area contributed by atoms with E-state index in [2.05, 4.69) is 19.2 Å². The maximum atomic E-state index is 12.5. The van der Waals surface area contributed by atoms with Gasteiger partial charge in [0.25, 0.3) is 0 Å². The summed E-state index contributed by atoms with van der Waals surface area (Å²) in [5.41, 5.74) is 0. The number of ether oxygens (including phenoxy) is 1. The van der Waals surface area contributed by atoms with E-state index in [9.17, 15) is 19.8 Å². The summed E-state index contributed by atoms with van der Waals surface area (Å²) < 4.78 is 5.46. The van der Waals surface area contributed by atoms with Gasteiger partial charge in [-0.2, -0.15) is 0 Å². The predicted molar refractivity (Wildman–Crippen MR) is 264 cm³/mol. The number of aliphatic hydroxyl groups excluding tert-OH is 2. The number of nitrogens with one attached hydrogen (secondary N) is 1. The van der Waals surface area contributed by atoms with Crippen LogP contribution < -0.4 is 5.32 Å². The number of rotatable bonds is 52. The van der Waals surface area contributed by atoms with E-state index in [1.165, 1.54) is 244 Å². The Morgan fingerprint density at radius 1 is 0.393 bits per heavy atom. The fourth-order valence-corrected chi connectivity index (χ4v) is 8.88. The number of carbonyl (C=O) groups excluding carboxylic acids is 2. The molecule has 3 N–H and O–H groups in total. The van der Waals surface area contributed by atoms with Crippen molar-refractivity contribution in [3.05, 3.63) is 0 Å². The van der Waals surface area contributed by atoms with E-state index in [4.69, 9.17) is 4.74 Å². The van der Waals surface area contributed by atoms with Gasteiger partial charge in [-0.05, 0) is 25.7 Å². The zero-order valence-corrected chi connectivity index (χ0v) is 41.4. The van der Waals surface area contributed by atoms with Gasteiger partial charge in [-0.1, -0.05) is 277 Å². The summed E-state index contributed by atoms with van der Waals surface area (Å²) in [6.07, 6.45) is 58.0. The third-order valence-corrected chi connectivity index (χ3v) is 13.2. The summed E-state index contributed by atoms with van der Waals surface area (Å²) in [5, 5.41) is 23.2. The Morgan fingerprint density at radius 2 is 0.672 bits per heavy atom. The zero-order chi connectivity index (χ0) is 44.4. The van der Waals surface area contributed by atoms with Gasteiger partial charge in [0, 0.05) is 12.8 Å². The number of hydrogen-bond donors (Lipinski definition) is 3. The number of aliphatic hydroxyl groups is 2. The monoisotopic (exact) mass is 864 g/mol. The SMILES string of the molecule is CCCCCCCCCCCCCCCCC(O)C(CO)NC(=O)CCCCCCCCCCCCCCCCCCCCCOC(=O)CCCCCCCCCCCCC. The van der Waals surface area contributed by atoms with Gasteiger partial charge in [0.2, 0.25) is 5.91 Å². The fraction of sp³-hybridized carbons (Fsp3) is 0.964. The largest absolute Gasteiger partial charge is 0.466 e. The molecule has 0 saturated carbocycles. The molecule has 6 heteroatoms. The molecule has 0 rings (SSSR count). The predicted octanol–water partition coefficient (Wildman–Crippen LogP) is 16.7. The number of carbonyl (C=O) groups is 2. The Kier molecular flexibility index (Phi) is 50.5. The maximum absolute atomic E-state index is 12.5. The fourth-order valence-electron chi connectivity index (χ4n) is 8.88. The minimum Gasteiger partial charge on any atom is -0.466 e. The number of amides is 1. The third kappa shape index (κ3) is 48.2. The molecule has 364 valence electrons. The highest BCUT2D eigenvalue weighted by Gasteiger charge is 2.20. The summed E-state index contributed by atoms with van der Waals surface area (Å²) in [5.74, 6) is -0.0264. The van der Waals surface area contributed by atoms with E-state index in [1.807, 2.05) is 0 Å². The van der Waals surface area contributed by atoms with Crippen molar-refractivity contribution in [2.45, 2.75) is 328 Å². The lowest BCUT2D eigenvalue weighted by Gasteiger charge is -2.22.